The van der Waals surface area contributed by atoms with Gasteiger partial charge in [-0.15, -0.1) is 21.5 Å². The quantitative estimate of drug-likeness (QED) is 0.615. The molecule has 0 atom stereocenters. The molecule has 1 amide bonds. The van der Waals surface area contributed by atoms with Gasteiger partial charge in [0.05, 0.1) is 5.75 Å². The van der Waals surface area contributed by atoms with Crippen LogP contribution in [-0.2, 0) is 11.8 Å². The zero-order valence-corrected chi connectivity index (χ0v) is 17.3. The predicted octanol–water partition coefficient (Wildman–Crippen LogP) is 4.85. The molecule has 0 unspecified atom stereocenters. The van der Waals surface area contributed by atoms with Gasteiger partial charge in [0.2, 0.25) is 5.91 Å². The summed E-state index contributed by atoms with van der Waals surface area (Å²) in [6.45, 7) is 6.06. The van der Waals surface area contributed by atoms with Crippen molar-refractivity contribution < 1.29 is 4.79 Å². The molecule has 0 saturated carbocycles. The average Bonchev–Trinajstić information content (AvgIpc) is 3.13. The number of nitrogens with one attached hydrogen (secondary N) is 1. The van der Waals surface area contributed by atoms with Crippen molar-refractivity contribution in [3.63, 3.8) is 0 Å². The summed E-state index contributed by atoms with van der Waals surface area (Å²) in [4.78, 5) is 13.5. The highest BCUT2D eigenvalue weighted by Crippen LogP contribution is 2.31. The summed E-state index contributed by atoms with van der Waals surface area (Å²) < 4.78 is 1.93. The monoisotopic (exact) mass is 406 g/mol. The van der Waals surface area contributed by atoms with Crippen LogP contribution >= 0.6 is 34.7 Å². The SMILES string of the molecule is Cc1scc(-c2nnc(SCC(=O)Nc3cccc(Cl)c3C)n2C)c1C. The van der Waals surface area contributed by atoms with Crippen molar-refractivity contribution >= 4 is 46.3 Å². The van der Waals surface area contributed by atoms with Crippen molar-refractivity contribution in [2.24, 2.45) is 7.05 Å². The second-order valence-corrected chi connectivity index (χ2v) is 8.38. The number of thiophene rings is 1. The van der Waals surface area contributed by atoms with Gasteiger partial charge in [0.25, 0.3) is 0 Å². The molecule has 2 heterocycles. The predicted molar refractivity (Wildman–Crippen MR) is 109 cm³/mol. The van der Waals surface area contributed by atoms with Gasteiger partial charge in [0, 0.05) is 33.6 Å². The van der Waals surface area contributed by atoms with Crippen LogP contribution in [0.1, 0.15) is 16.0 Å². The van der Waals surface area contributed by atoms with E-state index >= 15 is 0 Å². The number of thioether (sulfide) groups is 1. The summed E-state index contributed by atoms with van der Waals surface area (Å²) in [5, 5.41) is 14.9. The molecule has 3 rings (SSSR count). The number of benzene rings is 1. The van der Waals surface area contributed by atoms with Gasteiger partial charge in [-0.3, -0.25) is 4.79 Å². The summed E-state index contributed by atoms with van der Waals surface area (Å²) in [5.74, 6) is 0.965. The molecule has 0 bridgehead atoms. The van der Waals surface area contributed by atoms with Crippen LogP contribution in [0.4, 0.5) is 5.69 Å². The first kappa shape index (κ1) is 18.9. The molecule has 0 fully saturated rings. The summed E-state index contributed by atoms with van der Waals surface area (Å²) in [6.07, 6.45) is 0. The maximum atomic E-state index is 12.3. The first-order valence-corrected chi connectivity index (χ1v) is 10.2. The minimum absolute atomic E-state index is 0.104. The Hall–Kier alpha value is -1.83. The van der Waals surface area contributed by atoms with Gasteiger partial charge in [0.15, 0.2) is 11.0 Å². The van der Waals surface area contributed by atoms with E-state index in [1.165, 1.54) is 22.2 Å². The van der Waals surface area contributed by atoms with E-state index in [0.29, 0.717) is 10.2 Å². The maximum absolute atomic E-state index is 12.3. The highest BCUT2D eigenvalue weighted by atomic mass is 35.5. The number of rotatable bonds is 5. The summed E-state index contributed by atoms with van der Waals surface area (Å²) in [6, 6.07) is 5.46. The fourth-order valence-corrected chi connectivity index (χ4v) is 4.22. The zero-order chi connectivity index (χ0) is 18.8. The second-order valence-electron chi connectivity index (χ2n) is 5.95. The number of carbonyl (C=O) groups is 1. The Balaban J connectivity index is 1.68. The first-order valence-electron chi connectivity index (χ1n) is 8.00. The fraction of sp³-hybridized carbons (Fsp3) is 0.278. The first-order chi connectivity index (χ1) is 12.4. The van der Waals surface area contributed by atoms with E-state index in [-0.39, 0.29) is 11.7 Å². The molecule has 26 heavy (non-hydrogen) atoms. The molecule has 0 radical (unpaired) electrons. The number of halogens is 1. The van der Waals surface area contributed by atoms with Crippen LogP contribution in [0, 0.1) is 20.8 Å². The molecule has 0 spiro atoms. The van der Waals surface area contributed by atoms with Crippen LogP contribution in [0.25, 0.3) is 11.4 Å². The summed E-state index contributed by atoms with van der Waals surface area (Å²) >= 11 is 9.15. The lowest BCUT2D eigenvalue weighted by Gasteiger charge is -2.09. The molecule has 0 aliphatic heterocycles. The van der Waals surface area contributed by atoms with E-state index in [2.05, 4.69) is 34.7 Å². The van der Waals surface area contributed by atoms with E-state index < -0.39 is 0 Å². The molecular weight excluding hydrogens is 388 g/mol. The largest absolute Gasteiger partial charge is 0.325 e. The van der Waals surface area contributed by atoms with Gasteiger partial charge in [-0.25, -0.2) is 0 Å². The van der Waals surface area contributed by atoms with E-state index in [1.54, 1.807) is 17.4 Å². The summed E-state index contributed by atoms with van der Waals surface area (Å²) in [7, 11) is 1.92. The normalized spacial score (nSPS) is 11.0. The van der Waals surface area contributed by atoms with Crippen molar-refractivity contribution in [1.29, 1.82) is 0 Å². The standard InChI is InChI=1S/C18H19ClN4OS2/c1-10-12(3)25-8-13(10)17-21-22-18(23(17)4)26-9-16(24)20-15-7-5-6-14(19)11(15)2/h5-8H,9H2,1-4H3,(H,20,24). The molecule has 8 heteroatoms. The highest BCUT2D eigenvalue weighted by Gasteiger charge is 2.16. The van der Waals surface area contributed by atoms with Crippen LogP contribution in [0.15, 0.2) is 28.7 Å². The van der Waals surface area contributed by atoms with E-state index in [0.717, 1.165) is 22.6 Å². The Morgan fingerprint density at radius 1 is 1.27 bits per heavy atom. The highest BCUT2D eigenvalue weighted by molar-refractivity contribution is 7.99. The number of amides is 1. The topological polar surface area (TPSA) is 59.8 Å². The molecule has 0 saturated heterocycles. The lowest BCUT2D eigenvalue weighted by Crippen LogP contribution is -2.15. The Kier molecular flexibility index (Phi) is 5.70. The molecular formula is C18H19ClN4OS2. The van der Waals surface area contributed by atoms with Crippen LogP contribution in [0.2, 0.25) is 5.02 Å². The van der Waals surface area contributed by atoms with E-state index in [4.69, 9.17) is 11.6 Å². The number of anilines is 1. The van der Waals surface area contributed by atoms with E-state index in [1.807, 2.05) is 30.7 Å². The third-order valence-corrected chi connectivity index (χ3v) is 6.68. The van der Waals surface area contributed by atoms with Crippen molar-refractivity contribution in [3.05, 3.63) is 44.6 Å². The second kappa shape index (κ2) is 7.82. The lowest BCUT2D eigenvalue weighted by atomic mass is 10.2. The Bertz CT molecular complexity index is 964. The molecule has 0 aliphatic carbocycles. The minimum atomic E-state index is -0.104. The zero-order valence-electron chi connectivity index (χ0n) is 15.0. The smallest absolute Gasteiger partial charge is 0.234 e. The molecule has 5 nitrogen and oxygen atoms in total. The molecule has 2 aromatic heterocycles. The Morgan fingerprint density at radius 2 is 2.04 bits per heavy atom. The van der Waals surface area contributed by atoms with Gasteiger partial charge in [-0.2, -0.15) is 0 Å². The number of aromatic nitrogens is 3. The molecule has 3 aromatic rings. The Morgan fingerprint density at radius 3 is 2.73 bits per heavy atom. The van der Waals surface area contributed by atoms with Crippen LogP contribution in [0.5, 0.6) is 0 Å². The number of carbonyl (C=O) groups excluding carboxylic acids is 1. The van der Waals surface area contributed by atoms with Gasteiger partial charge in [-0.1, -0.05) is 29.4 Å². The lowest BCUT2D eigenvalue weighted by molar-refractivity contribution is -0.113. The van der Waals surface area contributed by atoms with Crippen molar-refractivity contribution in [1.82, 2.24) is 14.8 Å². The number of hydrogen-bond acceptors (Lipinski definition) is 5. The molecule has 0 aliphatic rings. The average molecular weight is 407 g/mol. The third kappa shape index (κ3) is 3.79. The number of hydrogen-bond donors (Lipinski definition) is 1. The van der Waals surface area contributed by atoms with Gasteiger partial charge in [0.1, 0.15) is 0 Å². The van der Waals surface area contributed by atoms with Gasteiger partial charge < -0.3 is 9.88 Å². The van der Waals surface area contributed by atoms with Crippen molar-refractivity contribution in [3.8, 4) is 11.4 Å². The number of aryl methyl sites for hydroxylation is 1. The van der Waals surface area contributed by atoms with Gasteiger partial charge >= 0.3 is 0 Å². The van der Waals surface area contributed by atoms with Crippen LogP contribution in [-0.4, -0.2) is 26.4 Å². The Labute approximate surface area is 165 Å². The molecule has 136 valence electrons. The number of nitrogens with zero attached hydrogens (tertiary/aromatic N) is 3. The van der Waals surface area contributed by atoms with E-state index in [9.17, 15) is 4.79 Å². The maximum Gasteiger partial charge on any atom is 0.234 e. The third-order valence-electron chi connectivity index (χ3n) is 4.24. The van der Waals surface area contributed by atoms with Crippen LogP contribution < -0.4 is 5.32 Å². The van der Waals surface area contributed by atoms with Crippen molar-refractivity contribution in [2.45, 2.75) is 25.9 Å². The van der Waals surface area contributed by atoms with Crippen molar-refractivity contribution in [2.75, 3.05) is 11.1 Å². The molecule has 1 aromatic carbocycles. The fourth-order valence-electron chi connectivity index (χ4n) is 2.47. The van der Waals surface area contributed by atoms with Gasteiger partial charge in [-0.05, 0) is 44.0 Å². The molecule has 1 N–H and O–H groups in total. The summed E-state index contributed by atoms with van der Waals surface area (Å²) in [5.41, 5.74) is 3.90. The van der Waals surface area contributed by atoms with Crippen LogP contribution in [0.3, 0.4) is 0 Å². The minimum Gasteiger partial charge on any atom is -0.325 e.